The third-order valence-corrected chi connectivity index (χ3v) is 2.56. The smallest absolute Gasteiger partial charge is 0.243 e. The molecule has 3 N–H and O–H groups in total. The number of para-hydroxylation sites is 1. The summed E-state index contributed by atoms with van der Waals surface area (Å²) >= 11 is 0. The summed E-state index contributed by atoms with van der Waals surface area (Å²) in [6.45, 7) is 4.09. The minimum atomic E-state index is 0.427. The molecule has 2 aromatic rings. The molecule has 102 valence electrons. The van der Waals surface area contributed by atoms with Gasteiger partial charge in [0, 0.05) is 19.5 Å². The van der Waals surface area contributed by atoms with E-state index in [4.69, 9.17) is 10.5 Å². The Balaban J connectivity index is 1.76. The highest BCUT2D eigenvalue weighted by molar-refractivity contribution is 5.30. The molecule has 6 nitrogen and oxygen atoms in total. The van der Waals surface area contributed by atoms with Crippen molar-refractivity contribution in [3.8, 4) is 5.75 Å². The van der Waals surface area contributed by atoms with Crippen LogP contribution in [0.1, 0.15) is 13.3 Å². The summed E-state index contributed by atoms with van der Waals surface area (Å²) in [6.07, 6.45) is 0.827. The predicted octanol–water partition coefficient (Wildman–Crippen LogP) is 1.76. The zero-order valence-electron chi connectivity index (χ0n) is 11.0. The Kier molecular flexibility index (Phi) is 4.60. The van der Waals surface area contributed by atoms with E-state index >= 15 is 0 Å². The van der Waals surface area contributed by atoms with Crippen LogP contribution in [-0.2, 0) is 6.54 Å². The van der Waals surface area contributed by atoms with E-state index in [2.05, 4.69) is 15.4 Å². The van der Waals surface area contributed by atoms with Crippen LogP contribution in [0.4, 0.5) is 11.9 Å². The lowest BCUT2D eigenvalue weighted by Gasteiger charge is -2.06. The van der Waals surface area contributed by atoms with Gasteiger partial charge in [0.1, 0.15) is 5.75 Å². The molecule has 0 bridgehead atoms. The number of hydrogen-bond acceptors (Lipinski definition) is 5. The van der Waals surface area contributed by atoms with E-state index in [-0.39, 0.29) is 0 Å². The van der Waals surface area contributed by atoms with Crippen LogP contribution in [0.3, 0.4) is 0 Å². The highest BCUT2D eigenvalue weighted by atomic mass is 16.5. The standard InChI is InChI=1S/C13H19N5O/c1-2-15-13-16-12(14)18(17-13)9-6-10-19-11-7-4-3-5-8-11/h3-5,7-8H,2,6,9-10H2,1H3,(H3,14,15,16,17). The van der Waals surface area contributed by atoms with Crippen LogP contribution in [0.2, 0.25) is 0 Å². The van der Waals surface area contributed by atoms with E-state index in [0.29, 0.717) is 25.0 Å². The van der Waals surface area contributed by atoms with Crippen LogP contribution in [0, 0.1) is 0 Å². The topological polar surface area (TPSA) is 78.0 Å². The molecule has 1 aromatic carbocycles. The Bertz CT molecular complexity index is 497. The van der Waals surface area contributed by atoms with Gasteiger partial charge in [0.05, 0.1) is 6.61 Å². The molecule has 0 aliphatic heterocycles. The molecule has 19 heavy (non-hydrogen) atoms. The van der Waals surface area contributed by atoms with Crippen LogP contribution in [-0.4, -0.2) is 27.9 Å². The van der Waals surface area contributed by atoms with Crippen molar-refractivity contribution in [2.75, 3.05) is 24.2 Å². The maximum absolute atomic E-state index is 5.77. The van der Waals surface area contributed by atoms with Gasteiger partial charge in [-0.1, -0.05) is 18.2 Å². The molecule has 0 aliphatic carbocycles. The fourth-order valence-electron chi connectivity index (χ4n) is 1.67. The van der Waals surface area contributed by atoms with E-state index < -0.39 is 0 Å². The third kappa shape index (κ3) is 3.87. The molecule has 0 atom stereocenters. The number of nitrogen functional groups attached to an aromatic ring is 1. The van der Waals surface area contributed by atoms with Crippen molar-refractivity contribution in [3.63, 3.8) is 0 Å². The molecular formula is C13H19N5O. The number of benzene rings is 1. The monoisotopic (exact) mass is 261 g/mol. The zero-order chi connectivity index (χ0) is 13.5. The van der Waals surface area contributed by atoms with Crippen LogP contribution < -0.4 is 15.8 Å². The van der Waals surface area contributed by atoms with Crippen molar-refractivity contribution in [3.05, 3.63) is 30.3 Å². The lowest BCUT2D eigenvalue weighted by molar-refractivity contribution is 0.299. The van der Waals surface area contributed by atoms with Gasteiger partial charge >= 0.3 is 0 Å². The minimum absolute atomic E-state index is 0.427. The highest BCUT2D eigenvalue weighted by Crippen LogP contribution is 2.09. The molecule has 0 amide bonds. The molecule has 0 saturated heterocycles. The first-order valence-corrected chi connectivity index (χ1v) is 6.41. The molecule has 6 heteroatoms. The van der Waals surface area contributed by atoms with Crippen LogP contribution in [0.25, 0.3) is 0 Å². The summed E-state index contributed by atoms with van der Waals surface area (Å²) in [5.41, 5.74) is 5.77. The largest absolute Gasteiger partial charge is 0.494 e. The van der Waals surface area contributed by atoms with E-state index in [1.54, 1.807) is 4.68 Å². The van der Waals surface area contributed by atoms with Crippen molar-refractivity contribution >= 4 is 11.9 Å². The van der Waals surface area contributed by atoms with Crippen molar-refractivity contribution < 1.29 is 4.74 Å². The molecule has 2 rings (SSSR count). The number of aryl methyl sites for hydroxylation is 1. The number of nitrogens with one attached hydrogen (secondary N) is 1. The summed E-state index contributed by atoms with van der Waals surface area (Å²) in [6, 6.07) is 9.74. The van der Waals surface area contributed by atoms with Crippen molar-refractivity contribution in [2.24, 2.45) is 0 Å². The first kappa shape index (κ1) is 13.2. The van der Waals surface area contributed by atoms with Crippen LogP contribution in [0.5, 0.6) is 5.75 Å². The van der Waals surface area contributed by atoms with Gasteiger partial charge in [0.25, 0.3) is 0 Å². The second kappa shape index (κ2) is 6.63. The van der Waals surface area contributed by atoms with Gasteiger partial charge in [-0.3, -0.25) is 0 Å². The van der Waals surface area contributed by atoms with Gasteiger partial charge in [-0.2, -0.15) is 4.98 Å². The Morgan fingerprint density at radius 1 is 1.32 bits per heavy atom. The van der Waals surface area contributed by atoms with Gasteiger partial charge < -0.3 is 15.8 Å². The van der Waals surface area contributed by atoms with Crippen molar-refractivity contribution in [2.45, 2.75) is 19.9 Å². The number of aromatic nitrogens is 3. The molecule has 0 fully saturated rings. The molecule has 1 aromatic heterocycles. The summed E-state index contributed by atoms with van der Waals surface area (Å²) in [5.74, 6) is 1.88. The molecule has 1 heterocycles. The van der Waals surface area contributed by atoms with Gasteiger partial charge in [-0.05, 0) is 19.1 Å². The Hall–Kier alpha value is -2.24. The van der Waals surface area contributed by atoms with Crippen molar-refractivity contribution in [1.82, 2.24) is 14.8 Å². The number of nitrogens with two attached hydrogens (primary N) is 1. The Labute approximate surface area is 112 Å². The molecule has 0 spiro atoms. The van der Waals surface area contributed by atoms with Gasteiger partial charge in [0.15, 0.2) is 0 Å². The fourth-order valence-corrected chi connectivity index (χ4v) is 1.67. The molecule has 0 saturated carbocycles. The quantitative estimate of drug-likeness (QED) is 0.743. The van der Waals surface area contributed by atoms with Crippen LogP contribution in [0.15, 0.2) is 30.3 Å². The number of hydrogen-bond donors (Lipinski definition) is 2. The number of ether oxygens (including phenoxy) is 1. The van der Waals surface area contributed by atoms with Crippen LogP contribution >= 0.6 is 0 Å². The number of anilines is 2. The Morgan fingerprint density at radius 3 is 2.84 bits per heavy atom. The van der Waals surface area contributed by atoms with E-state index in [0.717, 1.165) is 18.7 Å². The summed E-state index contributed by atoms with van der Waals surface area (Å²) < 4.78 is 7.29. The molecule has 0 unspecified atom stereocenters. The summed E-state index contributed by atoms with van der Waals surface area (Å²) in [4.78, 5) is 4.11. The average Bonchev–Trinajstić information content (AvgIpc) is 2.77. The SMILES string of the molecule is CCNc1nc(N)n(CCCOc2ccccc2)n1. The van der Waals surface area contributed by atoms with E-state index in [1.807, 2.05) is 37.3 Å². The molecular weight excluding hydrogens is 242 g/mol. The maximum atomic E-state index is 5.77. The minimum Gasteiger partial charge on any atom is -0.494 e. The lowest BCUT2D eigenvalue weighted by atomic mass is 10.3. The summed E-state index contributed by atoms with van der Waals surface area (Å²) in [5, 5.41) is 7.29. The normalized spacial score (nSPS) is 10.4. The Morgan fingerprint density at radius 2 is 2.11 bits per heavy atom. The maximum Gasteiger partial charge on any atom is 0.243 e. The summed E-state index contributed by atoms with van der Waals surface area (Å²) in [7, 11) is 0. The van der Waals surface area contributed by atoms with Crippen molar-refractivity contribution in [1.29, 1.82) is 0 Å². The molecule has 0 radical (unpaired) electrons. The first-order valence-electron chi connectivity index (χ1n) is 6.41. The van der Waals surface area contributed by atoms with Gasteiger partial charge in [-0.15, -0.1) is 5.10 Å². The van der Waals surface area contributed by atoms with Gasteiger partial charge in [-0.25, -0.2) is 4.68 Å². The first-order chi connectivity index (χ1) is 9.29. The van der Waals surface area contributed by atoms with Gasteiger partial charge in [0.2, 0.25) is 11.9 Å². The second-order valence-electron chi connectivity index (χ2n) is 4.06. The number of nitrogens with zero attached hydrogens (tertiary/aromatic N) is 3. The highest BCUT2D eigenvalue weighted by Gasteiger charge is 2.05. The second-order valence-corrected chi connectivity index (χ2v) is 4.06. The number of rotatable bonds is 7. The third-order valence-electron chi connectivity index (χ3n) is 2.56. The fraction of sp³-hybridized carbons (Fsp3) is 0.385. The lowest BCUT2D eigenvalue weighted by Crippen LogP contribution is -2.09. The van der Waals surface area contributed by atoms with E-state index in [9.17, 15) is 0 Å². The van der Waals surface area contributed by atoms with E-state index in [1.165, 1.54) is 0 Å². The zero-order valence-corrected chi connectivity index (χ0v) is 11.0. The predicted molar refractivity (Wildman–Crippen MR) is 75.2 cm³/mol. The molecule has 0 aliphatic rings. The average molecular weight is 261 g/mol.